The van der Waals surface area contributed by atoms with Gasteiger partial charge in [-0.1, -0.05) is 60.3 Å². The lowest BCUT2D eigenvalue weighted by molar-refractivity contribution is -0.119. The van der Waals surface area contributed by atoms with Crippen LogP contribution in [-0.2, 0) is 11.3 Å². The SMILES string of the molecule is CCn1c(SCC(=O)NC2CCSc3ccccc32)nnc1-c1ccccc1. The van der Waals surface area contributed by atoms with Crippen LogP contribution in [0.15, 0.2) is 64.6 Å². The molecule has 2 aromatic carbocycles. The van der Waals surface area contributed by atoms with Crippen LogP contribution in [0, 0.1) is 0 Å². The summed E-state index contributed by atoms with van der Waals surface area (Å²) in [5, 5.41) is 12.6. The molecule has 0 bridgehead atoms. The average Bonchev–Trinajstić information content (AvgIpc) is 3.16. The molecule has 0 saturated heterocycles. The summed E-state index contributed by atoms with van der Waals surface area (Å²) in [6.45, 7) is 2.82. The molecule has 0 saturated carbocycles. The third-order valence-corrected chi connectivity index (χ3v) is 6.78. The summed E-state index contributed by atoms with van der Waals surface area (Å²) in [4.78, 5) is 13.8. The zero-order chi connectivity index (χ0) is 19.3. The molecule has 28 heavy (non-hydrogen) atoms. The van der Waals surface area contributed by atoms with Gasteiger partial charge in [0.2, 0.25) is 5.91 Å². The van der Waals surface area contributed by atoms with Crippen molar-refractivity contribution in [1.82, 2.24) is 20.1 Å². The molecule has 0 radical (unpaired) electrons. The maximum atomic E-state index is 12.6. The Labute approximate surface area is 173 Å². The minimum atomic E-state index is 0.0311. The van der Waals surface area contributed by atoms with Crippen LogP contribution >= 0.6 is 23.5 Å². The lowest BCUT2D eigenvalue weighted by Gasteiger charge is -2.25. The first-order valence-electron chi connectivity index (χ1n) is 9.38. The minimum Gasteiger partial charge on any atom is -0.348 e. The molecular formula is C21H22N4OS2. The Morgan fingerprint density at radius 2 is 1.96 bits per heavy atom. The summed E-state index contributed by atoms with van der Waals surface area (Å²) in [5.74, 6) is 2.23. The van der Waals surface area contributed by atoms with E-state index in [1.807, 2.05) is 54.2 Å². The molecule has 1 aromatic heterocycles. The first kappa shape index (κ1) is 19.1. The second-order valence-electron chi connectivity index (χ2n) is 6.50. The number of hydrogen-bond acceptors (Lipinski definition) is 5. The number of aromatic nitrogens is 3. The Morgan fingerprint density at radius 3 is 2.79 bits per heavy atom. The van der Waals surface area contributed by atoms with Crippen LogP contribution in [0.4, 0.5) is 0 Å². The highest BCUT2D eigenvalue weighted by molar-refractivity contribution is 7.99. The number of amides is 1. The van der Waals surface area contributed by atoms with Gasteiger partial charge in [-0.2, -0.15) is 0 Å². The van der Waals surface area contributed by atoms with Gasteiger partial charge >= 0.3 is 0 Å². The summed E-state index contributed by atoms with van der Waals surface area (Å²) in [5.41, 5.74) is 2.25. The first-order chi connectivity index (χ1) is 13.8. The normalized spacial score (nSPS) is 15.8. The molecule has 0 spiro atoms. The van der Waals surface area contributed by atoms with Gasteiger partial charge in [0.25, 0.3) is 0 Å². The topological polar surface area (TPSA) is 59.8 Å². The first-order valence-corrected chi connectivity index (χ1v) is 11.4. The van der Waals surface area contributed by atoms with E-state index in [-0.39, 0.29) is 11.9 Å². The molecule has 2 heterocycles. The number of rotatable bonds is 6. The van der Waals surface area contributed by atoms with Gasteiger partial charge in [0.1, 0.15) is 0 Å². The van der Waals surface area contributed by atoms with Crippen LogP contribution in [0.5, 0.6) is 0 Å². The van der Waals surface area contributed by atoms with E-state index in [1.165, 1.54) is 22.2 Å². The Hall–Kier alpha value is -2.25. The lowest BCUT2D eigenvalue weighted by Crippen LogP contribution is -2.31. The molecule has 144 valence electrons. The van der Waals surface area contributed by atoms with Crippen LogP contribution in [0.25, 0.3) is 11.4 Å². The summed E-state index contributed by atoms with van der Waals surface area (Å²) < 4.78 is 2.06. The fourth-order valence-corrected chi connectivity index (χ4v) is 5.28. The average molecular weight is 411 g/mol. The second kappa shape index (κ2) is 8.84. The molecule has 5 nitrogen and oxygen atoms in total. The van der Waals surface area contributed by atoms with E-state index in [0.29, 0.717) is 5.75 Å². The predicted molar refractivity (Wildman–Crippen MR) is 115 cm³/mol. The van der Waals surface area contributed by atoms with E-state index in [0.717, 1.165) is 35.3 Å². The fraction of sp³-hybridized carbons (Fsp3) is 0.286. The van der Waals surface area contributed by atoms with Crippen molar-refractivity contribution in [3.05, 3.63) is 60.2 Å². The van der Waals surface area contributed by atoms with Gasteiger partial charge in [-0.3, -0.25) is 4.79 Å². The van der Waals surface area contributed by atoms with E-state index >= 15 is 0 Å². The number of nitrogens with zero attached hydrogens (tertiary/aromatic N) is 3. The summed E-state index contributed by atoms with van der Waals surface area (Å²) in [7, 11) is 0. The molecule has 1 aliphatic rings. The Kier molecular flexibility index (Phi) is 6.02. The van der Waals surface area contributed by atoms with Crippen molar-refractivity contribution in [2.75, 3.05) is 11.5 Å². The van der Waals surface area contributed by atoms with Crippen molar-refractivity contribution in [3.63, 3.8) is 0 Å². The second-order valence-corrected chi connectivity index (χ2v) is 8.58. The van der Waals surface area contributed by atoms with E-state index < -0.39 is 0 Å². The Balaban J connectivity index is 1.41. The van der Waals surface area contributed by atoms with Gasteiger partial charge in [0.15, 0.2) is 11.0 Å². The number of thioether (sulfide) groups is 2. The van der Waals surface area contributed by atoms with Crippen molar-refractivity contribution in [2.45, 2.75) is 36.0 Å². The fourth-order valence-electron chi connectivity index (χ4n) is 3.34. The molecule has 3 aromatic rings. The predicted octanol–water partition coefficient (Wildman–Crippen LogP) is 4.41. The smallest absolute Gasteiger partial charge is 0.230 e. The van der Waals surface area contributed by atoms with E-state index in [1.54, 1.807) is 0 Å². The molecule has 4 rings (SSSR count). The number of nitrogens with one attached hydrogen (secondary N) is 1. The highest BCUT2D eigenvalue weighted by Gasteiger charge is 2.22. The molecule has 1 aliphatic heterocycles. The number of benzene rings is 2. The maximum absolute atomic E-state index is 12.6. The van der Waals surface area contributed by atoms with Crippen molar-refractivity contribution in [1.29, 1.82) is 0 Å². The standard InChI is InChI=1S/C21H22N4OS2/c1-2-25-20(15-8-4-3-5-9-15)23-24-21(25)28-14-19(26)22-17-12-13-27-18-11-7-6-10-16(17)18/h3-11,17H,2,12-14H2,1H3,(H,22,26). The molecule has 1 atom stereocenters. The third kappa shape index (κ3) is 4.10. The Bertz CT molecular complexity index is 958. The largest absolute Gasteiger partial charge is 0.348 e. The highest BCUT2D eigenvalue weighted by Crippen LogP contribution is 2.35. The monoisotopic (exact) mass is 410 g/mol. The number of hydrogen-bond donors (Lipinski definition) is 1. The van der Waals surface area contributed by atoms with E-state index in [4.69, 9.17) is 0 Å². The number of fused-ring (bicyclic) bond motifs is 1. The maximum Gasteiger partial charge on any atom is 0.230 e. The molecule has 1 unspecified atom stereocenters. The van der Waals surface area contributed by atoms with Crippen molar-refractivity contribution >= 4 is 29.4 Å². The van der Waals surface area contributed by atoms with Gasteiger partial charge in [-0.15, -0.1) is 22.0 Å². The molecule has 1 amide bonds. The highest BCUT2D eigenvalue weighted by atomic mass is 32.2. The van der Waals surface area contributed by atoms with Crippen LogP contribution in [0.1, 0.15) is 24.9 Å². The summed E-state index contributed by atoms with van der Waals surface area (Å²) in [6.07, 6.45) is 0.960. The van der Waals surface area contributed by atoms with Crippen LogP contribution < -0.4 is 5.32 Å². The van der Waals surface area contributed by atoms with Crippen LogP contribution in [-0.4, -0.2) is 32.2 Å². The van der Waals surface area contributed by atoms with Crippen LogP contribution in [0.3, 0.4) is 0 Å². The van der Waals surface area contributed by atoms with E-state index in [2.05, 4.69) is 39.1 Å². The van der Waals surface area contributed by atoms with Crippen molar-refractivity contribution in [3.8, 4) is 11.4 Å². The van der Waals surface area contributed by atoms with Gasteiger partial charge in [-0.25, -0.2) is 0 Å². The molecule has 7 heteroatoms. The van der Waals surface area contributed by atoms with Gasteiger partial charge in [0, 0.05) is 22.8 Å². The third-order valence-electron chi connectivity index (χ3n) is 4.69. The number of carbonyl (C=O) groups is 1. The van der Waals surface area contributed by atoms with Gasteiger partial charge in [-0.05, 0) is 25.0 Å². The number of carbonyl (C=O) groups excluding carboxylic acids is 1. The van der Waals surface area contributed by atoms with Gasteiger partial charge < -0.3 is 9.88 Å². The summed E-state index contributed by atoms with van der Waals surface area (Å²) >= 11 is 3.29. The quantitative estimate of drug-likeness (QED) is 0.610. The Morgan fingerprint density at radius 1 is 1.18 bits per heavy atom. The molecule has 0 aliphatic carbocycles. The minimum absolute atomic E-state index is 0.0311. The van der Waals surface area contributed by atoms with Crippen LogP contribution in [0.2, 0.25) is 0 Å². The van der Waals surface area contributed by atoms with Crippen molar-refractivity contribution in [2.24, 2.45) is 0 Å². The van der Waals surface area contributed by atoms with Gasteiger partial charge in [0.05, 0.1) is 11.8 Å². The summed E-state index contributed by atoms with van der Waals surface area (Å²) in [6, 6.07) is 18.4. The lowest BCUT2D eigenvalue weighted by atomic mass is 10.0. The molecular weight excluding hydrogens is 388 g/mol. The zero-order valence-electron chi connectivity index (χ0n) is 15.7. The molecule has 0 fully saturated rings. The van der Waals surface area contributed by atoms with Crippen molar-refractivity contribution < 1.29 is 4.79 Å². The zero-order valence-corrected chi connectivity index (χ0v) is 17.3. The molecule has 1 N–H and O–H groups in total. The van der Waals surface area contributed by atoms with E-state index in [9.17, 15) is 4.79 Å².